The standard InChI is InChI=1S/C15H25N5O9/c1-5(18-13(26)7(16)3-9(17)22)12(25)20-11(6(2)21)14(27)19-8(15(28)29)4-10(23)24/h5-8,11,21H,3-4,16H2,1-2H3,(H2,17,22)(H,18,26)(H,19,27)(H,20,25)(H,23,24)(H,28,29). The molecule has 0 heterocycles. The van der Waals surface area contributed by atoms with Crippen molar-refractivity contribution in [1.29, 1.82) is 0 Å². The minimum Gasteiger partial charge on any atom is -0.481 e. The number of amides is 4. The largest absolute Gasteiger partial charge is 0.481 e. The van der Waals surface area contributed by atoms with Gasteiger partial charge in [0.25, 0.3) is 0 Å². The maximum atomic E-state index is 12.2. The maximum absolute atomic E-state index is 12.2. The number of carboxylic acid groups (broad SMARTS) is 2. The number of hydrogen-bond donors (Lipinski definition) is 8. The number of carboxylic acids is 2. The van der Waals surface area contributed by atoms with Gasteiger partial charge in [0.1, 0.15) is 18.1 Å². The summed E-state index contributed by atoms with van der Waals surface area (Å²) in [5.41, 5.74) is 10.4. The number of aliphatic carboxylic acids is 2. The van der Waals surface area contributed by atoms with Crippen molar-refractivity contribution in [3.05, 3.63) is 0 Å². The van der Waals surface area contributed by atoms with Crippen molar-refractivity contribution in [3.8, 4) is 0 Å². The molecule has 0 aliphatic carbocycles. The molecule has 14 nitrogen and oxygen atoms in total. The van der Waals surface area contributed by atoms with Crippen LogP contribution in [0.15, 0.2) is 0 Å². The number of carbonyl (C=O) groups excluding carboxylic acids is 4. The molecule has 0 fully saturated rings. The molecule has 164 valence electrons. The lowest BCUT2D eigenvalue weighted by molar-refractivity contribution is -0.147. The Morgan fingerprint density at radius 1 is 0.862 bits per heavy atom. The van der Waals surface area contributed by atoms with E-state index in [4.69, 9.17) is 21.7 Å². The van der Waals surface area contributed by atoms with Crippen LogP contribution in [0.5, 0.6) is 0 Å². The molecule has 0 aliphatic heterocycles. The Bertz CT molecular complexity index is 667. The molecular weight excluding hydrogens is 394 g/mol. The molecule has 0 aromatic rings. The normalized spacial score (nSPS) is 15.7. The van der Waals surface area contributed by atoms with Gasteiger partial charge < -0.3 is 42.7 Å². The molecule has 0 aliphatic rings. The van der Waals surface area contributed by atoms with E-state index in [1.165, 1.54) is 6.92 Å². The Morgan fingerprint density at radius 2 is 1.41 bits per heavy atom. The number of primary amides is 1. The molecule has 0 spiro atoms. The quantitative estimate of drug-likeness (QED) is 0.151. The van der Waals surface area contributed by atoms with Crippen molar-refractivity contribution in [2.75, 3.05) is 0 Å². The predicted octanol–water partition coefficient (Wildman–Crippen LogP) is -4.40. The van der Waals surface area contributed by atoms with Gasteiger partial charge in [-0.25, -0.2) is 4.79 Å². The Kier molecular flexibility index (Phi) is 10.3. The maximum Gasteiger partial charge on any atom is 0.326 e. The summed E-state index contributed by atoms with van der Waals surface area (Å²) in [6.07, 6.45) is -2.87. The molecular formula is C15H25N5O9. The third-order valence-electron chi connectivity index (χ3n) is 3.57. The van der Waals surface area contributed by atoms with Crippen molar-refractivity contribution >= 4 is 35.6 Å². The Hall–Kier alpha value is -3.26. The second kappa shape index (κ2) is 11.6. The fourth-order valence-corrected chi connectivity index (χ4v) is 2.02. The fourth-order valence-electron chi connectivity index (χ4n) is 2.02. The second-order valence-electron chi connectivity index (χ2n) is 6.23. The van der Waals surface area contributed by atoms with Crippen LogP contribution in [0.25, 0.3) is 0 Å². The van der Waals surface area contributed by atoms with Crippen LogP contribution in [0.2, 0.25) is 0 Å². The van der Waals surface area contributed by atoms with Gasteiger partial charge in [-0.05, 0) is 13.8 Å². The highest BCUT2D eigenvalue weighted by Gasteiger charge is 2.32. The number of hydrogen-bond acceptors (Lipinski definition) is 8. The molecule has 0 saturated carbocycles. The minimum absolute atomic E-state index is 0.459. The zero-order valence-electron chi connectivity index (χ0n) is 15.7. The van der Waals surface area contributed by atoms with Gasteiger partial charge in [0.05, 0.1) is 25.0 Å². The number of nitrogens with one attached hydrogen (secondary N) is 3. The lowest BCUT2D eigenvalue weighted by Crippen LogP contribution is -2.59. The summed E-state index contributed by atoms with van der Waals surface area (Å²) in [5, 5.41) is 33.6. The summed E-state index contributed by atoms with van der Waals surface area (Å²) >= 11 is 0. The highest BCUT2D eigenvalue weighted by atomic mass is 16.4. The monoisotopic (exact) mass is 419 g/mol. The Labute approximate surface area is 165 Å². The average Bonchev–Trinajstić information content (AvgIpc) is 2.56. The molecule has 4 amide bonds. The first-order valence-electron chi connectivity index (χ1n) is 8.33. The van der Waals surface area contributed by atoms with Gasteiger partial charge in [0, 0.05) is 0 Å². The highest BCUT2D eigenvalue weighted by molar-refractivity contribution is 5.95. The zero-order valence-corrected chi connectivity index (χ0v) is 15.7. The van der Waals surface area contributed by atoms with Crippen molar-refractivity contribution in [3.63, 3.8) is 0 Å². The van der Waals surface area contributed by atoms with E-state index in [1.54, 1.807) is 0 Å². The third-order valence-corrected chi connectivity index (χ3v) is 3.57. The zero-order chi connectivity index (χ0) is 22.9. The first kappa shape index (κ1) is 25.7. The highest BCUT2D eigenvalue weighted by Crippen LogP contribution is 2.00. The number of aliphatic hydroxyl groups excluding tert-OH is 1. The molecule has 0 aromatic carbocycles. The molecule has 29 heavy (non-hydrogen) atoms. The van der Waals surface area contributed by atoms with Crippen molar-refractivity contribution in [1.82, 2.24) is 16.0 Å². The molecule has 0 saturated heterocycles. The van der Waals surface area contributed by atoms with Crippen LogP contribution < -0.4 is 27.4 Å². The summed E-state index contributed by atoms with van der Waals surface area (Å²) in [4.78, 5) is 68.6. The van der Waals surface area contributed by atoms with E-state index >= 15 is 0 Å². The van der Waals surface area contributed by atoms with Gasteiger partial charge in [-0.2, -0.15) is 0 Å². The van der Waals surface area contributed by atoms with Gasteiger partial charge in [0.15, 0.2) is 0 Å². The van der Waals surface area contributed by atoms with Crippen LogP contribution in [-0.2, 0) is 28.8 Å². The summed E-state index contributed by atoms with van der Waals surface area (Å²) in [5.74, 6) is -6.89. The van der Waals surface area contributed by atoms with E-state index in [2.05, 4.69) is 10.6 Å². The molecule has 0 rings (SSSR count). The average molecular weight is 419 g/mol. The lowest BCUT2D eigenvalue weighted by Gasteiger charge is -2.25. The van der Waals surface area contributed by atoms with Crippen LogP contribution in [0.4, 0.5) is 0 Å². The number of aliphatic hydroxyl groups is 1. The Morgan fingerprint density at radius 3 is 1.83 bits per heavy atom. The van der Waals surface area contributed by atoms with Gasteiger partial charge >= 0.3 is 11.9 Å². The first-order valence-corrected chi connectivity index (χ1v) is 8.33. The van der Waals surface area contributed by atoms with Gasteiger partial charge in [-0.1, -0.05) is 0 Å². The number of carbonyl (C=O) groups is 6. The summed E-state index contributed by atoms with van der Waals surface area (Å²) in [6.45, 7) is 2.36. The number of nitrogens with two attached hydrogens (primary N) is 2. The molecule has 14 heteroatoms. The van der Waals surface area contributed by atoms with E-state index in [-0.39, 0.29) is 0 Å². The second-order valence-corrected chi connectivity index (χ2v) is 6.23. The Balaban J connectivity index is 5.04. The van der Waals surface area contributed by atoms with Crippen LogP contribution >= 0.6 is 0 Å². The molecule has 0 bridgehead atoms. The summed E-state index contributed by atoms with van der Waals surface area (Å²) < 4.78 is 0. The topological polar surface area (TPSA) is 251 Å². The van der Waals surface area contributed by atoms with E-state index in [0.29, 0.717) is 0 Å². The van der Waals surface area contributed by atoms with E-state index < -0.39 is 78.7 Å². The van der Waals surface area contributed by atoms with Crippen molar-refractivity contribution < 1.29 is 44.1 Å². The van der Waals surface area contributed by atoms with Gasteiger partial charge in [0.2, 0.25) is 23.6 Å². The van der Waals surface area contributed by atoms with Crippen LogP contribution in [-0.4, -0.2) is 81.2 Å². The molecule has 5 atom stereocenters. The van der Waals surface area contributed by atoms with E-state index in [9.17, 15) is 33.9 Å². The van der Waals surface area contributed by atoms with Crippen molar-refractivity contribution in [2.45, 2.75) is 57.0 Å². The predicted molar refractivity (Wildman–Crippen MR) is 94.8 cm³/mol. The van der Waals surface area contributed by atoms with Gasteiger partial charge in [-0.15, -0.1) is 0 Å². The van der Waals surface area contributed by atoms with Gasteiger partial charge in [-0.3, -0.25) is 24.0 Å². The smallest absolute Gasteiger partial charge is 0.326 e. The number of rotatable bonds is 12. The molecule has 0 radical (unpaired) electrons. The summed E-state index contributed by atoms with van der Waals surface area (Å²) in [7, 11) is 0. The van der Waals surface area contributed by atoms with Crippen molar-refractivity contribution in [2.24, 2.45) is 11.5 Å². The van der Waals surface area contributed by atoms with Crippen LogP contribution in [0.3, 0.4) is 0 Å². The SMILES string of the molecule is CC(NC(=O)C(N)CC(N)=O)C(=O)NC(C(=O)NC(CC(=O)O)C(=O)O)C(C)O. The molecule has 5 unspecified atom stereocenters. The first-order chi connectivity index (χ1) is 13.3. The van der Waals surface area contributed by atoms with E-state index in [0.717, 1.165) is 6.92 Å². The lowest BCUT2D eigenvalue weighted by atomic mass is 10.1. The summed E-state index contributed by atoms with van der Waals surface area (Å²) in [6, 6.07) is -5.98. The third kappa shape index (κ3) is 9.48. The van der Waals surface area contributed by atoms with E-state index in [1.807, 2.05) is 5.32 Å². The van der Waals surface area contributed by atoms with Crippen LogP contribution in [0.1, 0.15) is 26.7 Å². The van der Waals surface area contributed by atoms with Crippen LogP contribution in [0, 0.1) is 0 Å². The minimum atomic E-state index is -1.79. The fraction of sp³-hybridized carbons (Fsp3) is 0.600. The molecule has 0 aromatic heterocycles. The molecule has 10 N–H and O–H groups in total.